The molecule has 0 aliphatic carbocycles. The van der Waals surface area contributed by atoms with Crippen LogP contribution < -0.4 is 19.5 Å². The number of ether oxygens (including phenoxy) is 3. The molecule has 0 atom stereocenters. The van der Waals surface area contributed by atoms with Gasteiger partial charge in [0.25, 0.3) is 0 Å². The molecule has 0 saturated carbocycles. The van der Waals surface area contributed by atoms with E-state index in [1.165, 1.54) is 6.07 Å². The van der Waals surface area contributed by atoms with Crippen molar-refractivity contribution in [2.45, 2.75) is 20.1 Å². The number of hydrogen-bond donors (Lipinski definition) is 1. The van der Waals surface area contributed by atoms with E-state index in [1.807, 2.05) is 43.3 Å². The summed E-state index contributed by atoms with van der Waals surface area (Å²) in [6.45, 7) is 3.39. The normalized spacial score (nSPS) is 10.5. The van der Waals surface area contributed by atoms with E-state index >= 15 is 0 Å². The van der Waals surface area contributed by atoms with Gasteiger partial charge in [-0.25, -0.2) is 4.39 Å². The predicted octanol–water partition coefficient (Wildman–Crippen LogP) is 6.03. The monoisotopic (exact) mass is 507 g/mol. The molecule has 0 radical (unpaired) electrons. The molecule has 3 rings (SSSR count). The number of nitrogens with one attached hydrogen (secondary N) is 1. The fourth-order valence-electron chi connectivity index (χ4n) is 2.82. The third-order valence-corrected chi connectivity index (χ3v) is 5.08. The molecule has 4 nitrogen and oxygen atoms in total. The van der Waals surface area contributed by atoms with Crippen molar-refractivity contribution in [2.24, 2.45) is 0 Å². The molecule has 152 valence electrons. The van der Waals surface area contributed by atoms with E-state index in [2.05, 4.69) is 27.9 Å². The molecular weight excluding hydrogens is 484 g/mol. The highest BCUT2D eigenvalue weighted by atomic mass is 127. The summed E-state index contributed by atoms with van der Waals surface area (Å²) in [6, 6.07) is 18.4. The van der Waals surface area contributed by atoms with E-state index in [-0.39, 0.29) is 12.4 Å². The van der Waals surface area contributed by atoms with E-state index in [0.717, 1.165) is 20.6 Å². The second-order valence-corrected chi connectivity index (χ2v) is 7.46. The molecule has 0 bridgehead atoms. The van der Waals surface area contributed by atoms with Crippen LogP contribution in [-0.4, -0.2) is 13.7 Å². The molecular formula is C23H23FINO3. The van der Waals surface area contributed by atoms with Crippen molar-refractivity contribution in [3.8, 4) is 17.2 Å². The number of anilines is 1. The molecule has 0 unspecified atom stereocenters. The van der Waals surface area contributed by atoms with Gasteiger partial charge in [-0.15, -0.1) is 0 Å². The number of hydrogen-bond acceptors (Lipinski definition) is 4. The molecule has 0 aliphatic rings. The minimum absolute atomic E-state index is 0.142. The number of rotatable bonds is 9. The second kappa shape index (κ2) is 10.3. The van der Waals surface area contributed by atoms with Crippen LogP contribution in [0.25, 0.3) is 0 Å². The fourth-order valence-corrected chi connectivity index (χ4v) is 3.64. The summed E-state index contributed by atoms with van der Waals surface area (Å²) in [5, 5.41) is 3.39. The average molecular weight is 507 g/mol. The van der Waals surface area contributed by atoms with Crippen molar-refractivity contribution in [1.29, 1.82) is 0 Å². The zero-order chi connectivity index (χ0) is 20.6. The van der Waals surface area contributed by atoms with Gasteiger partial charge in [-0.2, -0.15) is 0 Å². The maximum absolute atomic E-state index is 13.8. The van der Waals surface area contributed by atoms with Crippen LogP contribution in [0.3, 0.4) is 0 Å². The van der Waals surface area contributed by atoms with Gasteiger partial charge in [0.15, 0.2) is 11.5 Å². The van der Waals surface area contributed by atoms with E-state index in [9.17, 15) is 4.39 Å². The number of benzene rings is 3. The Kier molecular flexibility index (Phi) is 7.57. The van der Waals surface area contributed by atoms with Gasteiger partial charge in [-0.1, -0.05) is 18.2 Å². The standard InChI is InChI=1S/C23H23FINO3/c1-3-28-19-10-8-18(9-11-19)26-14-16-12-21(25)23(22(13-16)27-2)29-15-17-6-4-5-7-20(17)24/h4-13,26H,3,14-15H2,1-2H3. The minimum Gasteiger partial charge on any atom is -0.494 e. The highest BCUT2D eigenvalue weighted by Gasteiger charge is 2.13. The van der Waals surface area contributed by atoms with E-state index in [1.54, 1.807) is 25.3 Å². The second-order valence-electron chi connectivity index (χ2n) is 6.30. The summed E-state index contributed by atoms with van der Waals surface area (Å²) in [5.41, 5.74) is 2.56. The third-order valence-electron chi connectivity index (χ3n) is 4.28. The van der Waals surface area contributed by atoms with Gasteiger partial charge >= 0.3 is 0 Å². The lowest BCUT2D eigenvalue weighted by molar-refractivity contribution is 0.277. The molecule has 0 amide bonds. The van der Waals surface area contributed by atoms with Crippen molar-refractivity contribution < 1.29 is 18.6 Å². The molecule has 0 aromatic heterocycles. The lowest BCUT2D eigenvalue weighted by Gasteiger charge is -2.15. The van der Waals surface area contributed by atoms with Crippen LogP contribution in [-0.2, 0) is 13.2 Å². The zero-order valence-electron chi connectivity index (χ0n) is 16.4. The lowest BCUT2D eigenvalue weighted by Crippen LogP contribution is -2.04. The molecule has 29 heavy (non-hydrogen) atoms. The topological polar surface area (TPSA) is 39.7 Å². The van der Waals surface area contributed by atoms with Crippen LogP contribution in [0, 0.1) is 9.39 Å². The first-order valence-corrected chi connectivity index (χ1v) is 10.4. The number of methoxy groups -OCH3 is 1. The average Bonchev–Trinajstić information content (AvgIpc) is 2.73. The van der Waals surface area contributed by atoms with Gasteiger partial charge in [0.05, 0.1) is 17.3 Å². The van der Waals surface area contributed by atoms with Crippen molar-refractivity contribution in [3.63, 3.8) is 0 Å². The van der Waals surface area contributed by atoms with Crippen LogP contribution in [0.4, 0.5) is 10.1 Å². The van der Waals surface area contributed by atoms with Crippen LogP contribution in [0.1, 0.15) is 18.1 Å². The van der Waals surface area contributed by atoms with Gasteiger partial charge in [0.1, 0.15) is 18.2 Å². The molecule has 3 aromatic carbocycles. The first-order valence-electron chi connectivity index (χ1n) is 9.30. The van der Waals surface area contributed by atoms with Crippen molar-refractivity contribution in [2.75, 3.05) is 19.0 Å². The third kappa shape index (κ3) is 5.76. The first-order chi connectivity index (χ1) is 14.1. The summed E-state index contributed by atoms with van der Waals surface area (Å²) >= 11 is 2.21. The first kappa shape index (κ1) is 21.2. The van der Waals surface area contributed by atoms with Gasteiger partial charge in [-0.05, 0) is 77.5 Å². The highest BCUT2D eigenvalue weighted by Crippen LogP contribution is 2.35. The fraction of sp³-hybridized carbons (Fsp3) is 0.217. The maximum Gasteiger partial charge on any atom is 0.174 e. The molecule has 3 aromatic rings. The van der Waals surface area contributed by atoms with Gasteiger partial charge in [0, 0.05) is 17.8 Å². The summed E-state index contributed by atoms with van der Waals surface area (Å²) < 4.78 is 31.6. The smallest absolute Gasteiger partial charge is 0.174 e. The van der Waals surface area contributed by atoms with Crippen molar-refractivity contribution in [1.82, 2.24) is 0 Å². The van der Waals surface area contributed by atoms with Crippen LogP contribution in [0.15, 0.2) is 60.7 Å². The molecule has 0 spiro atoms. The molecule has 0 saturated heterocycles. The quantitative estimate of drug-likeness (QED) is 0.359. The number of halogens is 2. The SMILES string of the molecule is CCOc1ccc(NCc2cc(I)c(OCc3ccccc3F)c(OC)c2)cc1. The van der Waals surface area contributed by atoms with E-state index < -0.39 is 0 Å². The Hall–Kier alpha value is -2.48. The van der Waals surface area contributed by atoms with E-state index in [4.69, 9.17) is 14.2 Å². The molecule has 0 fully saturated rings. The Morgan fingerprint density at radius 3 is 2.45 bits per heavy atom. The Morgan fingerprint density at radius 2 is 1.76 bits per heavy atom. The van der Waals surface area contributed by atoms with Gasteiger partial charge < -0.3 is 19.5 Å². The highest BCUT2D eigenvalue weighted by molar-refractivity contribution is 14.1. The summed E-state index contributed by atoms with van der Waals surface area (Å²) in [4.78, 5) is 0. The van der Waals surface area contributed by atoms with Crippen molar-refractivity contribution >= 4 is 28.3 Å². The Morgan fingerprint density at radius 1 is 1.00 bits per heavy atom. The maximum atomic E-state index is 13.8. The van der Waals surface area contributed by atoms with Crippen LogP contribution in [0.5, 0.6) is 17.2 Å². The van der Waals surface area contributed by atoms with E-state index in [0.29, 0.717) is 30.2 Å². The summed E-state index contributed by atoms with van der Waals surface area (Å²) in [7, 11) is 1.60. The zero-order valence-corrected chi connectivity index (χ0v) is 18.5. The largest absolute Gasteiger partial charge is 0.494 e. The lowest BCUT2D eigenvalue weighted by atomic mass is 10.2. The molecule has 1 N–H and O–H groups in total. The van der Waals surface area contributed by atoms with Crippen LogP contribution >= 0.6 is 22.6 Å². The molecule has 0 aliphatic heterocycles. The van der Waals surface area contributed by atoms with Gasteiger partial charge in [-0.3, -0.25) is 0 Å². The summed E-state index contributed by atoms with van der Waals surface area (Å²) in [5.74, 6) is 1.81. The Balaban J connectivity index is 1.68. The van der Waals surface area contributed by atoms with Crippen LogP contribution in [0.2, 0.25) is 0 Å². The molecule has 0 heterocycles. The Labute approximate surface area is 184 Å². The van der Waals surface area contributed by atoms with Crippen molar-refractivity contribution in [3.05, 3.63) is 81.2 Å². The minimum atomic E-state index is -0.280. The molecule has 6 heteroatoms. The Bertz CT molecular complexity index is 947. The van der Waals surface area contributed by atoms with Gasteiger partial charge in [0.2, 0.25) is 0 Å². The predicted molar refractivity (Wildman–Crippen MR) is 121 cm³/mol. The summed E-state index contributed by atoms with van der Waals surface area (Å²) in [6.07, 6.45) is 0.